The van der Waals surface area contributed by atoms with Crippen LogP contribution < -0.4 is 15.5 Å². The second-order valence-electron chi connectivity index (χ2n) is 8.80. The summed E-state index contributed by atoms with van der Waals surface area (Å²) in [5.74, 6) is 6.14. The van der Waals surface area contributed by atoms with Crippen LogP contribution in [0.2, 0.25) is 0 Å². The summed E-state index contributed by atoms with van der Waals surface area (Å²) < 4.78 is 40.3. The van der Waals surface area contributed by atoms with Gasteiger partial charge in [0.15, 0.2) is 0 Å². The number of phenolic OH excluding ortho intramolecular Hbond substituents is 1. The third-order valence-corrected chi connectivity index (χ3v) is 7.11. The lowest BCUT2D eigenvalue weighted by Crippen LogP contribution is -2.39. The van der Waals surface area contributed by atoms with Gasteiger partial charge in [0.1, 0.15) is 12.3 Å². The maximum Gasteiger partial charge on any atom is 0.405 e. The number of anilines is 3. The van der Waals surface area contributed by atoms with Crippen LogP contribution in [0, 0.1) is 11.8 Å². The van der Waals surface area contributed by atoms with Crippen LogP contribution in [0.25, 0.3) is 0 Å². The van der Waals surface area contributed by atoms with Crippen molar-refractivity contribution in [1.82, 2.24) is 0 Å². The highest BCUT2D eigenvalue weighted by Crippen LogP contribution is 2.39. The van der Waals surface area contributed by atoms with Gasteiger partial charge in [-0.1, -0.05) is 37.2 Å². The van der Waals surface area contributed by atoms with E-state index in [2.05, 4.69) is 22.5 Å². The molecule has 4 nitrogen and oxygen atoms in total. The molecule has 1 unspecified atom stereocenters. The SMILES string of the molecule is CSc1ccc(NCC#CC2Cc3c(NC4CCCCC4)cccc3N2CC(F)(F)F)c(O)c1. The van der Waals surface area contributed by atoms with Crippen molar-refractivity contribution in [1.29, 1.82) is 0 Å². The number of fused-ring (bicyclic) bond motifs is 1. The number of thioether (sulfide) groups is 1. The van der Waals surface area contributed by atoms with E-state index in [4.69, 9.17) is 0 Å². The van der Waals surface area contributed by atoms with Crippen molar-refractivity contribution in [2.24, 2.45) is 0 Å². The molecule has 1 heterocycles. The van der Waals surface area contributed by atoms with E-state index >= 15 is 0 Å². The van der Waals surface area contributed by atoms with Crippen LogP contribution in [0.15, 0.2) is 41.3 Å². The molecule has 0 aromatic heterocycles. The molecule has 0 saturated heterocycles. The summed E-state index contributed by atoms with van der Waals surface area (Å²) in [7, 11) is 0. The van der Waals surface area contributed by atoms with Gasteiger partial charge in [0.05, 0.1) is 18.3 Å². The summed E-state index contributed by atoms with van der Waals surface area (Å²) in [4.78, 5) is 2.32. The molecule has 0 bridgehead atoms. The molecule has 0 spiro atoms. The Morgan fingerprint density at radius 1 is 1.12 bits per heavy atom. The largest absolute Gasteiger partial charge is 0.506 e. The van der Waals surface area contributed by atoms with Crippen LogP contribution in [0.3, 0.4) is 0 Å². The first-order chi connectivity index (χ1) is 16.3. The van der Waals surface area contributed by atoms with E-state index in [1.165, 1.54) is 35.9 Å². The molecule has 4 rings (SSSR count). The zero-order valence-electron chi connectivity index (χ0n) is 19.2. The summed E-state index contributed by atoms with van der Waals surface area (Å²) in [5, 5.41) is 16.8. The number of aromatic hydroxyl groups is 1. The normalized spacial score (nSPS) is 18.2. The highest BCUT2D eigenvalue weighted by Gasteiger charge is 2.38. The van der Waals surface area contributed by atoms with Gasteiger partial charge in [-0.3, -0.25) is 0 Å². The van der Waals surface area contributed by atoms with Crippen molar-refractivity contribution in [2.45, 2.75) is 61.7 Å². The molecule has 1 aliphatic carbocycles. The van der Waals surface area contributed by atoms with Crippen LogP contribution in [-0.4, -0.2) is 42.7 Å². The summed E-state index contributed by atoms with van der Waals surface area (Å²) in [6, 6.07) is 10.7. The van der Waals surface area contributed by atoms with Gasteiger partial charge in [0, 0.05) is 34.3 Å². The predicted molar refractivity (Wildman–Crippen MR) is 134 cm³/mol. The van der Waals surface area contributed by atoms with E-state index in [0.717, 1.165) is 29.0 Å². The Labute approximate surface area is 203 Å². The third kappa shape index (κ3) is 6.06. The molecular formula is C26H30F3N3OS. The van der Waals surface area contributed by atoms with Crippen LogP contribution in [0.5, 0.6) is 5.75 Å². The Balaban J connectivity index is 1.49. The van der Waals surface area contributed by atoms with Crippen molar-refractivity contribution < 1.29 is 18.3 Å². The van der Waals surface area contributed by atoms with E-state index in [1.807, 2.05) is 24.5 Å². The smallest absolute Gasteiger partial charge is 0.405 e. The molecule has 182 valence electrons. The van der Waals surface area contributed by atoms with Crippen molar-refractivity contribution in [3.8, 4) is 17.6 Å². The average Bonchev–Trinajstić information content (AvgIpc) is 3.15. The molecule has 1 atom stereocenters. The van der Waals surface area contributed by atoms with Crippen molar-refractivity contribution >= 4 is 28.8 Å². The quantitative estimate of drug-likeness (QED) is 0.254. The Hall–Kier alpha value is -2.66. The van der Waals surface area contributed by atoms with Crippen LogP contribution in [0.4, 0.5) is 30.2 Å². The maximum absolute atomic E-state index is 13.4. The number of phenols is 1. The molecule has 1 aliphatic heterocycles. The van der Waals surface area contributed by atoms with Gasteiger partial charge in [0.2, 0.25) is 0 Å². The Morgan fingerprint density at radius 3 is 2.62 bits per heavy atom. The molecule has 3 N–H and O–H groups in total. The first-order valence-electron chi connectivity index (χ1n) is 11.6. The Bertz CT molecular complexity index is 1060. The lowest BCUT2D eigenvalue weighted by Gasteiger charge is -2.26. The minimum Gasteiger partial charge on any atom is -0.506 e. The van der Waals surface area contributed by atoms with E-state index in [1.54, 1.807) is 18.2 Å². The van der Waals surface area contributed by atoms with Crippen LogP contribution in [-0.2, 0) is 6.42 Å². The second-order valence-corrected chi connectivity index (χ2v) is 9.68. The summed E-state index contributed by atoms with van der Waals surface area (Å²) in [5.41, 5.74) is 3.00. The molecule has 0 amide bonds. The zero-order chi connectivity index (χ0) is 24.1. The summed E-state index contributed by atoms with van der Waals surface area (Å²) >= 11 is 1.53. The van der Waals surface area contributed by atoms with Crippen LogP contribution in [0.1, 0.15) is 37.7 Å². The monoisotopic (exact) mass is 489 g/mol. The number of hydrogen-bond acceptors (Lipinski definition) is 5. The van der Waals surface area contributed by atoms with Gasteiger partial charge in [0.25, 0.3) is 0 Å². The fourth-order valence-electron chi connectivity index (χ4n) is 4.75. The van der Waals surface area contributed by atoms with Crippen molar-refractivity contribution in [3.63, 3.8) is 0 Å². The summed E-state index contributed by atoms with van der Waals surface area (Å²) in [6.45, 7) is -0.803. The van der Waals surface area contributed by atoms with Gasteiger partial charge >= 0.3 is 6.18 Å². The molecule has 0 radical (unpaired) electrons. The number of halogens is 3. The van der Waals surface area contributed by atoms with E-state index < -0.39 is 18.8 Å². The summed E-state index contributed by atoms with van der Waals surface area (Å²) in [6.07, 6.45) is 3.85. The highest BCUT2D eigenvalue weighted by atomic mass is 32.2. The highest BCUT2D eigenvalue weighted by molar-refractivity contribution is 7.98. The minimum absolute atomic E-state index is 0.124. The van der Waals surface area contributed by atoms with E-state index in [0.29, 0.717) is 23.8 Å². The number of benzene rings is 2. The average molecular weight is 490 g/mol. The second kappa shape index (κ2) is 10.7. The number of hydrogen-bond donors (Lipinski definition) is 3. The maximum atomic E-state index is 13.4. The third-order valence-electron chi connectivity index (χ3n) is 6.39. The molecule has 8 heteroatoms. The Kier molecular flexibility index (Phi) is 7.72. The fraction of sp³-hybridized carbons (Fsp3) is 0.462. The number of alkyl halides is 3. The first-order valence-corrected chi connectivity index (χ1v) is 12.9. The predicted octanol–water partition coefficient (Wildman–Crippen LogP) is 6.27. The molecule has 1 saturated carbocycles. The number of rotatable bonds is 6. The first kappa shape index (κ1) is 24.5. The lowest BCUT2D eigenvalue weighted by molar-refractivity contribution is -0.120. The topological polar surface area (TPSA) is 47.5 Å². The molecule has 2 aromatic rings. The molecule has 2 aromatic carbocycles. The standard InChI is InChI=1S/C26H30F3N3OS/c1-34-20-12-13-23(25(33)16-20)30-14-6-9-19-15-21-22(31-18-7-3-2-4-8-18)10-5-11-24(21)32(19)17-26(27,28)29/h5,10-13,16,18-19,30-31,33H,2-4,7-8,14-15,17H2,1H3. The lowest BCUT2D eigenvalue weighted by atomic mass is 9.95. The molecular weight excluding hydrogens is 459 g/mol. The molecule has 1 fully saturated rings. The number of nitrogens with zero attached hydrogens (tertiary/aromatic N) is 1. The van der Waals surface area contributed by atoms with E-state index in [9.17, 15) is 18.3 Å². The number of nitrogens with one attached hydrogen (secondary N) is 2. The molecule has 34 heavy (non-hydrogen) atoms. The Morgan fingerprint density at radius 2 is 1.91 bits per heavy atom. The molecule has 2 aliphatic rings. The van der Waals surface area contributed by atoms with Gasteiger partial charge in [-0.2, -0.15) is 13.2 Å². The minimum atomic E-state index is -4.32. The fourth-order valence-corrected chi connectivity index (χ4v) is 5.18. The van der Waals surface area contributed by atoms with Gasteiger partial charge in [-0.15, -0.1) is 11.8 Å². The van der Waals surface area contributed by atoms with Gasteiger partial charge < -0.3 is 20.6 Å². The van der Waals surface area contributed by atoms with Gasteiger partial charge in [-0.05, 0) is 49.4 Å². The zero-order valence-corrected chi connectivity index (χ0v) is 20.0. The van der Waals surface area contributed by atoms with Crippen LogP contribution >= 0.6 is 11.8 Å². The van der Waals surface area contributed by atoms with Crippen molar-refractivity contribution in [3.05, 3.63) is 42.0 Å². The van der Waals surface area contributed by atoms with Crippen molar-refractivity contribution in [2.75, 3.05) is 34.9 Å². The van der Waals surface area contributed by atoms with Gasteiger partial charge in [-0.25, -0.2) is 0 Å². The van der Waals surface area contributed by atoms with E-state index in [-0.39, 0.29) is 12.3 Å².